The number of aryl methyl sites for hydroxylation is 1. The quantitative estimate of drug-likeness (QED) is 0.881. The number of amides is 2. The molecule has 2 heterocycles. The SMILES string of the molecule is CCc1cc(C(=O)N2CCCN(C(=O)Cc3ccc[nH]3)CC2)ccc1OC. The summed E-state index contributed by atoms with van der Waals surface area (Å²) in [5.74, 6) is 0.932. The average molecular weight is 369 g/mol. The van der Waals surface area contributed by atoms with Crippen LogP contribution in [0.4, 0.5) is 0 Å². The van der Waals surface area contributed by atoms with Crippen LogP contribution in [0.25, 0.3) is 0 Å². The summed E-state index contributed by atoms with van der Waals surface area (Å²) < 4.78 is 5.35. The molecule has 6 nitrogen and oxygen atoms in total. The Balaban J connectivity index is 1.63. The van der Waals surface area contributed by atoms with Crippen LogP contribution in [-0.2, 0) is 17.6 Å². The molecule has 1 N–H and O–H groups in total. The smallest absolute Gasteiger partial charge is 0.253 e. The van der Waals surface area contributed by atoms with Crippen molar-refractivity contribution in [3.8, 4) is 5.75 Å². The summed E-state index contributed by atoms with van der Waals surface area (Å²) >= 11 is 0. The predicted octanol–water partition coefficient (Wildman–Crippen LogP) is 2.50. The molecule has 3 rings (SSSR count). The fourth-order valence-electron chi connectivity index (χ4n) is 3.49. The summed E-state index contributed by atoms with van der Waals surface area (Å²) in [6, 6.07) is 9.40. The maximum atomic E-state index is 12.9. The lowest BCUT2D eigenvalue weighted by Gasteiger charge is -2.22. The molecule has 1 saturated heterocycles. The highest BCUT2D eigenvalue weighted by molar-refractivity contribution is 5.94. The van der Waals surface area contributed by atoms with E-state index in [2.05, 4.69) is 4.98 Å². The number of ether oxygens (including phenoxy) is 1. The van der Waals surface area contributed by atoms with Gasteiger partial charge in [-0.3, -0.25) is 9.59 Å². The Hall–Kier alpha value is -2.76. The van der Waals surface area contributed by atoms with E-state index in [0.29, 0.717) is 38.2 Å². The van der Waals surface area contributed by atoms with E-state index in [1.807, 2.05) is 53.3 Å². The molecular formula is C21H27N3O3. The second kappa shape index (κ2) is 8.75. The Morgan fingerprint density at radius 1 is 1.11 bits per heavy atom. The summed E-state index contributed by atoms with van der Waals surface area (Å²) in [6.45, 7) is 4.53. The molecule has 1 aliphatic rings. The van der Waals surface area contributed by atoms with Gasteiger partial charge >= 0.3 is 0 Å². The van der Waals surface area contributed by atoms with E-state index in [-0.39, 0.29) is 11.8 Å². The van der Waals surface area contributed by atoms with Gasteiger partial charge in [0.25, 0.3) is 5.91 Å². The summed E-state index contributed by atoms with van der Waals surface area (Å²) in [4.78, 5) is 32.2. The Morgan fingerprint density at radius 2 is 1.89 bits per heavy atom. The summed E-state index contributed by atoms with van der Waals surface area (Å²) in [5.41, 5.74) is 2.63. The van der Waals surface area contributed by atoms with Crippen LogP contribution in [0.2, 0.25) is 0 Å². The first-order valence-corrected chi connectivity index (χ1v) is 9.48. The molecule has 0 saturated carbocycles. The van der Waals surface area contributed by atoms with Crippen LogP contribution in [0.3, 0.4) is 0 Å². The molecule has 1 aromatic carbocycles. The molecule has 0 atom stereocenters. The summed E-state index contributed by atoms with van der Waals surface area (Å²) in [5, 5.41) is 0. The van der Waals surface area contributed by atoms with Gasteiger partial charge in [0.1, 0.15) is 5.75 Å². The molecule has 144 valence electrons. The number of methoxy groups -OCH3 is 1. The van der Waals surface area contributed by atoms with Gasteiger partial charge in [-0.25, -0.2) is 0 Å². The Bertz CT molecular complexity index is 786. The van der Waals surface area contributed by atoms with Crippen LogP contribution in [-0.4, -0.2) is 59.9 Å². The molecule has 0 bridgehead atoms. The first kappa shape index (κ1) is 19.0. The molecule has 0 aliphatic carbocycles. The molecule has 2 amide bonds. The van der Waals surface area contributed by atoms with Gasteiger partial charge in [0.2, 0.25) is 5.91 Å². The van der Waals surface area contributed by atoms with Crippen LogP contribution in [0.5, 0.6) is 5.75 Å². The summed E-state index contributed by atoms with van der Waals surface area (Å²) in [7, 11) is 1.64. The van der Waals surface area contributed by atoms with E-state index in [9.17, 15) is 9.59 Å². The van der Waals surface area contributed by atoms with Gasteiger partial charge in [0, 0.05) is 43.6 Å². The third kappa shape index (κ3) is 4.51. The lowest BCUT2D eigenvalue weighted by molar-refractivity contribution is -0.130. The number of carbonyl (C=O) groups excluding carboxylic acids is 2. The predicted molar refractivity (Wildman–Crippen MR) is 104 cm³/mol. The van der Waals surface area contributed by atoms with E-state index in [1.54, 1.807) is 7.11 Å². The van der Waals surface area contributed by atoms with E-state index in [1.165, 1.54) is 0 Å². The Kier molecular flexibility index (Phi) is 6.16. The van der Waals surface area contributed by atoms with E-state index in [4.69, 9.17) is 4.74 Å². The zero-order chi connectivity index (χ0) is 19.2. The van der Waals surface area contributed by atoms with Crippen LogP contribution in [0, 0.1) is 0 Å². The maximum Gasteiger partial charge on any atom is 0.253 e. The molecule has 1 aliphatic heterocycles. The number of nitrogens with zero attached hydrogens (tertiary/aromatic N) is 2. The molecule has 1 fully saturated rings. The number of rotatable bonds is 5. The monoisotopic (exact) mass is 369 g/mol. The fourth-order valence-corrected chi connectivity index (χ4v) is 3.49. The molecule has 27 heavy (non-hydrogen) atoms. The van der Waals surface area contributed by atoms with Crippen molar-refractivity contribution in [2.45, 2.75) is 26.2 Å². The highest BCUT2D eigenvalue weighted by atomic mass is 16.5. The minimum absolute atomic E-state index is 0.0195. The zero-order valence-corrected chi connectivity index (χ0v) is 16.0. The number of carbonyl (C=O) groups is 2. The van der Waals surface area contributed by atoms with Gasteiger partial charge < -0.3 is 19.5 Å². The second-order valence-electron chi connectivity index (χ2n) is 6.78. The van der Waals surface area contributed by atoms with Crippen molar-refractivity contribution in [1.29, 1.82) is 0 Å². The van der Waals surface area contributed by atoms with Crippen molar-refractivity contribution < 1.29 is 14.3 Å². The van der Waals surface area contributed by atoms with Gasteiger partial charge in [-0.2, -0.15) is 0 Å². The number of benzene rings is 1. The standard InChI is InChI=1S/C21H27N3O3/c1-3-16-14-17(7-8-19(16)27-2)21(26)24-11-5-10-23(12-13-24)20(25)15-18-6-4-9-22-18/h4,6-9,14,22H,3,5,10-13,15H2,1-2H3. The number of aromatic nitrogens is 1. The van der Waals surface area contributed by atoms with Crippen molar-refractivity contribution in [3.05, 3.63) is 53.3 Å². The lowest BCUT2D eigenvalue weighted by Crippen LogP contribution is -2.38. The highest BCUT2D eigenvalue weighted by Gasteiger charge is 2.23. The third-order valence-corrected chi connectivity index (χ3v) is 5.05. The fraction of sp³-hybridized carbons (Fsp3) is 0.429. The topological polar surface area (TPSA) is 65.6 Å². The van der Waals surface area contributed by atoms with Crippen molar-refractivity contribution >= 4 is 11.8 Å². The molecule has 2 aromatic rings. The Morgan fingerprint density at radius 3 is 2.59 bits per heavy atom. The van der Waals surface area contributed by atoms with E-state index < -0.39 is 0 Å². The second-order valence-corrected chi connectivity index (χ2v) is 6.78. The normalized spacial score (nSPS) is 14.7. The molecule has 0 radical (unpaired) electrons. The first-order chi connectivity index (χ1) is 13.1. The number of H-pyrrole nitrogens is 1. The number of hydrogen-bond donors (Lipinski definition) is 1. The van der Waals surface area contributed by atoms with Gasteiger partial charge in [-0.05, 0) is 48.7 Å². The number of hydrogen-bond acceptors (Lipinski definition) is 3. The van der Waals surface area contributed by atoms with Gasteiger partial charge in [-0.15, -0.1) is 0 Å². The minimum Gasteiger partial charge on any atom is -0.496 e. The van der Waals surface area contributed by atoms with Crippen LogP contribution >= 0.6 is 0 Å². The van der Waals surface area contributed by atoms with Crippen molar-refractivity contribution in [2.75, 3.05) is 33.3 Å². The van der Waals surface area contributed by atoms with Crippen LogP contribution in [0.1, 0.15) is 35.0 Å². The third-order valence-electron chi connectivity index (χ3n) is 5.05. The Labute approximate surface area is 160 Å². The molecule has 1 aromatic heterocycles. The summed E-state index contributed by atoms with van der Waals surface area (Å²) in [6.07, 6.45) is 3.80. The van der Waals surface area contributed by atoms with Crippen molar-refractivity contribution in [3.63, 3.8) is 0 Å². The highest BCUT2D eigenvalue weighted by Crippen LogP contribution is 2.21. The molecule has 0 unspecified atom stereocenters. The minimum atomic E-state index is 0.0195. The number of nitrogens with one attached hydrogen (secondary N) is 1. The molecular weight excluding hydrogens is 342 g/mol. The zero-order valence-electron chi connectivity index (χ0n) is 16.0. The van der Waals surface area contributed by atoms with E-state index in [0.717, 1.165) is 29.8 Å². The van der Waals surface area contributed by atoms with Gasteiger partial charge in [0.15, 0.2) is 0 Å². The molecule has 0 spiro atoms. The molecule has 6 heteroatoms. The van der Waals surface area contributed by atoms with Gasteiger partial charge in [0.05, 0.1) is 13.5 Å². The lowest BCUT2D eigenvalue weighted by atomic mass is 10.1. The van der Waals surface area contributed by atoms with E-state index >= 15 is 0 Å². The van der Waals surface area contributed by atoms with Crippen LogP contribution < -0.4 is 4.74 Å². The average Bonchev–Trinajstić information content (AvgIpc) is 3.07. The van der Waals surface area contributed by atoms with Crippen molar-refractivity contribution in [2.24, 2.45) is 0 Å². The van der Waals surface area contributed by atoms with Crippen molar-refractivity contribution in [1.82, 2.24) is 14.8 Å². The maximum absolute atomic E-state index is 12.9. The number of aromatic amines is 1. The van der Waals surface area contributed by atoms with Crippen LogP contribution in [0.15, 0.2) is 36.5 Å². The van der Waals surface area contributed by atoms with Gasteiger partial charge in [-0.1, -0.05) is 6.92 Å². The largest absolute Gasteiger partial charge is 0.496 e. The first-order valence-electron chi connectivity index (χ1n) is 9.48.